The van der Waals surface area contributed by atoms with Gasteiger partial charge in [-0.2, -0.15) is 0 Å². The van der Waals surface area contributed by atoms with E-state index in [9.17, 15) is 19.2 Å². The normalized spacial score (nSPS) is 11.2. The summed E-state index contributed by atoms with van der Waals surface area (Å²) in [5, 5.41) is 14.1. The highest BCUT2D eigenvalue weighted by molar-refractivity contribution is 6.06. The fraction of sp³-hybridized carbons (Fsp3) is 0.167. The van der Waals surface area contributed by atoms with Gasteiger partial charge < -0.3 is 25.0 Å². The van der Waals surface area contributed by atoms with Crippen molar-refractivity contribution in [3.05, 3.63) is 126 Å². The van der Waals surface area contributed by atoms with Crippen LogP contribution in [0.1, 0.15) is 26.3 Å². The first-order valence-corrected chi connectivity index (χ1v) is 15.0. The zero-order valence-corrected chi connectivity index (χ0v) is 26.6. The highest BCUT2D eigenvalue weighted by atomic mass is 16.5. The number of hydrogen-bond donors (Lipinski definition) is 2. The van der Waals surface area contributed by atoms with Crippen LogP contribution in [0.4, 0.5) is 11.4 Å². The summed E-state index contributed by atoms with van der Waals surface area (Å²) in [7, 11) is 4.52. The Kier molecular flexibility index (Phi) is 10.6. The zero-order chi connectivity index (χ0) is 34.0. The summed E-state index contributed by atoms with van der Waals surface area (Å²) in [5.41, 5.74) is 3.70. The van der Waals surface area contributed by atoms with Gasteiger partial charge in [-0.3, -0.25) is 14.4 Å². The molecule has 0 aliphatic rings. The topological polar surface area (TPSA) is 145 Å². The van der Waals surface area contributed by atoms with Crippen molar-refractivity contribution >= 4 is 35.1 Å². The van der Waals surface area contributed by atoms with Gasteiger partial charge in [-0.05, 0) is 60.2 Å². The highest BCUT2D eigenvalue weighted by Gasteiger charge is 2.26. The van der Waals surface area contributed by atoms with E-state index in [0.717, 1.165) is 5.56 Å². The lowest BCUT2D eigenvalue weighted by Crippen LogP contribution is -2.49. The van der Waals surface area contributed by atoms with Gasteiger partial charge in [-0.25, -0.2) is 9.48 Å². The van der Waals surface area contributed by atoms with Gasteiger partial charge in [0.25, 0.3) is 5.91 Å². The van der Waals surface area contributed by atoms with Gasteiger partial charge in [-0.15, -0.1) is 5.10 Å². The van der Waals surface area contributed by atoms with Gasteiger partial charge in [0.05, 0.1) is 31.7 Å². The highest BCUT2D eigenvalue weighted by Crippen LogP contribution is 2.26. The molecule has 5 aromatic rings. The van der Waals surface area contributed by atoms with Crippen molar-refractivity contribution in [2.75, 3.05) is 31.5 Å². The number of benzene rings is 4. The molecule has 48 heavy (non-hydrogen) atoms. The van der Waals surface area contributed by atoms with E-state index in [1.165, 1.54) is 41.0 Å². The van der Waals surface area contributed by atoms with Crippen LogP contribution in [0, 0.1) is 0 Å². The van der Waals surface area contributed by atoms with E-state index in [1.54, 1.807) is 68.9 Å². The Morgan fingerprint density at radius 1 is 0.833 bits per heavy atom. The largest absolute Gasteiger partial charge is 0.497 e. The van der Waals surface area contributed by atoms with Crippen LogP contribution in [-0.2, 0) is 27.3 Å². The number of nitrogens with one attached hydrogen (secondary N) is 2. The quantitative estimate of drug-likeness (QED) is 0.190. The average molecular weight is 647 g/mol. The Balaban J connectivity index is 1.28. The van der Waals surface area contributed by atoms with Crippen molar-refractivity contribution in [1.29, 1.82) is 0 Å². The Labute approximate surface area is 277 Å². The van der Waals surface area contributed by atoms with Crippen LogP contribution in [0.3, 0.4) is 0 Å². The number of carbonyl (C=O) groups excluding carboxylic acids is 4. The number of carbonyl (C=O) groups is 4. The summed E-state index contributed by atoms with van der Waals surface area (Å²) < 4.78 is 11.3. The summed E-state index contributed by atoms with van der Waals surface area (Å²) in [6.07, 6.45) is 1.88. The molecule has 1 heterocycles. The van der Waals surface area contributed by atoms with Gasteiger partial charge >= 0.3 is 5.97 Å². The second-order valence-corrected chi connectivity index (χ2v) is 10.8. The number of hydrogen-bond acceptors (Lipinski definition) is 8. The molecule has 244 valence electrons. The van der Waals surface area contributed by atoms with Crippen molar-refractivity contribution in [3.63, 3.8) is 0 Å². The van der Waals surface area contributed by atoms with E-state index < -0.39 is 17.9 Å². The molecule has 2 N–H and O–H groups in total. The van der Waals surface area contributed by atoms with E-state index >= 15 is 0 Å². The predicted molar refractivity (Wildman–Crippen MR) is 180 cm³/mol. The molecule has 0 aliphatic heterocycles. The van der Waals surface area contributed by atoms with Crippen LogP contribution < -0.4 is 20.3 Å². The Bertz CT molecular complexity index is 1890. The lowest BCUT2D eigenvalue weighted by atomic mass is 10.0. The maximum absolute atomic E-state index is 13.7. The molecule has 0 aliphatic carbocycles. The number of rotatable bonds is 12. The first-order chi connectivity index (χ1) is 23.2. The summed E-state index contributed by atoms with van der Waals surface area (Å²) in [4.78, 5) is 53.2. The Morgan fingerprint density at radius 2 is 1.50 bits per heavy atom. The molecule has 0 fully saturated rings. The van der Waals surface area contributed by atoms with Gasteiger partial charge in [-0.1, -0.05) is 53.7 Å². The lowest BCUT2D eigenvalue weighted by Gasteiger charge is -2.25. The minimum absolute atomic E-state index is 0.196. The molecule has 0 saturated carbocycles. The SMILES string of the molecule is COC(=O)c1ccc(C(=O)Nc2ccccc2-c2cn(CC(=O)N[C@@H](Cc3ccccc3)C(=O)N(C)c3ccc(OC)cc3)nn2)cc1. The smallest absolute Gasteiger partial charge is 0.337 e. The summed E-state index contributed by atoms with van der Waals surface area (Å²) >= 11 is 0. The van der Waals surface area contributed by atoms with Gasteiger partial charge in [0.2, 0.25) is 11.8 Å². The van der Waals surface area contributed by atoms with Crippen molar-refractivity contribution in [2.45, 2.75) is 19.0 Å². The molecular weight excluding hydrogens is 612 g/mol. The second-order valence-electron chi connectivity index (χ2n) is 10.8. The van der Waals surface area contributed by atoms with Crippen LogP contribution in [-0.4, -0.2) is 66.0 Å². The number of para-hydroxylation sites is 1. The fourth-order valence-electron chi connectivity index (χ4n) is 4.99. The van der Waals surface area contributed by atoms with E-state index in [4.69, 9.17) is 9.47 Å². The maximum atomic E-state index is 13.7. The van der Waals surface area contributed by atoms with E-state index in [1.807, 2.05) is 30.3 Å². The molecule has 1 aromatic heterocycles. The zero-order valence-electron chi connectivity index (χ0n) is 26.6. The second kappa shape index (κ2) is 15.3. The summed E-state index contributed by atoms with van der Waals surface area (Å²) in [5.74, 6) is -0.942. The van der Waals surface area contributed by atoms with Crippen molar-refractivity contribution < 1.29 is 28.7 Å². The summed E-state index contributed by atoms with van der Waals surface area (Å²) in [6, 6.07) is 28.8. The number of amides is 3. The Morgan fingerprint density at radius 3 is 2.19 bits per heavy atom. The monoisotopic (exact) mass is 646 g/mol. The number of anilines is 2. The molecule has 0 unspecified atom stereocenters. The average Bonchev–Trinajstić information content (AvgIpc) is 3.59. The molecule has 0 radical (unpaired) electrons. The van der Waals surface area contributed by atoms with Crippen LogP contribution >= 0.6 is 0 Å². The molecule has 1 atom stereocenters. The number of methoxy groups -OCH3 is 2. The van der Waals surface area contributed by atoms with Crippen molar-refractivity contribution in [2.24, 2.45) is 0 Å². The molecule has 5 rings (SSSR count). The third-order valence-corrected chi connectivity index (χ3v) is 7.57. The number of nitrogens with zero attached hydrogens (tertiary/aromatic N) is 4. The number of likely N-dealkylation sites (N-methyl/N-ethyl adjacent to an activating group) is 1. The number of esters is 1. The molecule has 12 heteroatoms. The molecule has 0 bridgehead atoms. The van der Waals surface area contributed by atoms with E-state index in [2.05, 4.69) is 20.9 Å². The van der Waals surface area contributed by atoms with Crippen LogP contribution in [0.2, 0.25) is 0 Å². The molecular formula is C36H34N6O6. The molecule has 0 spiro atoms. The fourth-order valence-corrected chi connectivity index (χ4v) is 4.99. The van der Waals surface area contributed by atoms with Crippen molar-refractivity contribution in [3.8, 4) is 17.0 Å². The third kappa shape index (κ3) is 8.10. The number of aromatic nitrogens is 3. The number of ether oxygens (including phenoxy) is 2. The van der Waals surface area contributed by atoms with E-state index in [0.29, 0.717) is 39.5 Å². The molecule has 0 saturated heterocycles. The molecule has 4 aromatic carbocycles. The standard InChI is InChI=1S/C36H34N6O6/c1-41(27-17-19-28(47-2)20-18-27)35(45)31(21-24-9-5-4-6-10-24)37-33(43)23-42-22-32(39-40-42)29-11-7-8-12-30(29)38-34(44)25-13-15-26(16-14-25)36(46)48-3/h4-20,22,31H,21,23H2,1-3H3,(H,37,43)(H,38,44)/t31-/m0/s1. The van der Waals surface area contributed by atoms with Crippen LogP contribution in [0.25, 0.3) is 11.3 Å². The summed E-state index contributed by atoms with van der Waals surface area (Å²) in [6.45, 7) is -0.196. The molecule has 3 amide bonds. The minimum atomic E-state index is -0.854. The predicted octanol–water partition coefficient (Wildman–Crippen LogP) is 4.38. The first kappa shape index (κ1) is 33.1. The van der Waals surface area contributed by atoms with E-state index in [-0.39, 0.29) is 24.8 Å². The lowest BCUT2D eigenvalue weighted by molar-refractivity contribution is -0.127. The maximum Gasteiger partial charge on any atom is 0.337 e. The molecule has 12 nitrogen and oxygen atoms in total. The van der Waals surface area contributed by atoms with Crippen molar-refractivity contribution in [1.82, 2.24) is 20.3 Å². The Hall–Kier alpha value is -6.30. The van der Waals surface area contributed by atoms with Crippen LogP contribution in [0.15, 0.2) is 109 Å². The first-order valence-electron chi connectivity index (χ1n) is 15.0. The minimum Gasteiger partial charge on any atom is -0.497 e. The third-order valence-electron chi connectivity index (χ3n) is 7.57. The van der Waals surface area contributed by atoms with Gasteiger partial charge in [0.15, 0.2) is 0 Å². The van der Waals surface area contributed by atoms with Crippen LogP contribution in [0.5, 0.6) is 5.75 Å². The van der Waals surface area contributed by atoms with Gasteiger partial charge in [0.1, 0.15) is 24.0 Å². The van der Waals surface area contributed by atoms with Gasteiger partial charge in [0, 0.05) is 30.3 Å².